The average Bonchev–Trinajstić information content (AvgIpc) is 1.97. The fourth-order valence-corrected chi connectivity index (χ4v) is 2.48. The van der Waals surface area contributed by atoms with Gasteiger partial charge in [0.2, 0.25) is 0 Å². The third-order valence-electron chi connectivity index (χ3n) is 1.96. The zero-order valence-corrected chi connectivity index (χ0v) is 7.21. The lowest BCUT2D eigenvalue weighted by Crippen LogP contribution is -1.93. The molecule has 1 aliphatic heterocycles. The van der Waals surface area contributed by atoms with Crippen LogP contribution in [0, 0.1) is 5.92 Å². The summed E-state index contributed by atoms with van der Waals surface area (Å²) in [6.45, 7) is 6.13. The summed E-state index contributed by atoms with van der Waals surface area (Å²) < 4.78 is 0. The molecule has 0 bridgehead atoms. The van der Waals surface area contributed by atoms with Gasteiger partial charge in [-0.1, -0.05) is 32.5 Å². The summed E-state index contributed by atoms with van der Waals surface area (Å²) in [5.74, 6) is 3.34. The summed E-state index contributed by atoms with van der Waals surface area (Å²) in [5, 5.41) is 0. The van der Waals surface area contributed by atoms with E-state index in [0.717, 1.165) is 11.7 Å². The summed E-state index contributed by atoms with van der Waals surface area (Å²) >= 11 is 2.13. The molecule has 2 atom stereocenters. The second-order valence-corrected chi connectivity index (χ2v) is 4.40. The minimum Gasteiger partial charge on any atom is -0.214 e. The molecule has 0 aromatic rings. The lowest BCUT2D eigenvalue weighted by molar-refractivity contribution is 0.562. The molecule has 0 nitrogen and oxygen atoms in total. The third-order valence-corrected chi connectivity index (χ3v) is 3.57. The summed E-state index contributed by atoms with van der Waals surface area (Å²) in [4.78, 5) is 0. The summed E-state index contributed by atoms with van der Waals surface area (Å²) in [7, 11) is 0. The van der Waals surface area contributed by atoms with Crippen LogP contribution >= 0.6 is 11.6 Å². The molecule has 1 fully saturated rings. The van der Waals surface area contributed by atoms with Crippen molar-refractivity contribution in [1.29, 1.82) is 0 Å². The molecule has 0 amide bonds. The van der Waals surface area contributed by atoms with E-state index in [1.54, 1.807) is 0 Å². The van der Waals surface area contributed by atoms with Crippen LogP contribution in [0.1, 0.15) is 26.7 Å². The van der Waals surface area contributed by atoms with Gasteiger partial charge in [-0.2, -0.15) is 0 Å². The number of hydrogen-bond donors (Lipinski definition) is 0. The van der Waals surface area contributed by atoms with E-state index in [-0.39, 0.29) is 0 Å². The first kappa shape index (κ1) is 7.52. The van der Waals surface area contributed by atoms with Crippen LogP contribution in [0.25, 0.3) is 0 Å². The molecular weight excluding hydrogens is 127 g/mol. The minimum atomic E-state index is 0.972. The average molecular weight is 142 g/mol. The molecule has 0 saturated carbocycles. The van der Waals surface area contributed by atoms with Crippen LogP contribution in [-0.4, -0.2) is 12.3 Å². The predicted molar refractivity (Wildman–Crippen MR) is 47.4 cm³/mol. The summed E-state index contributed by atoms with van der Waals surface area (Å²) in [6, 6.07) is 0. The van der Waals surface area contributed by atoms with Gasteiger partial charge in [0.1, 0.15) is 0 Å². The molecule has 0 N–H and O–H groups in total. The topological polar surface area (TPSA) is 0 Å². The third kappa shape index (κ3) is 2.66. The Morgan fingerprint density at radius 1 is 1.33 bits per heavy atom. The van der Waals surface area contributed by atoms with Crippen LogP contribution in [0.15, 0.2) is 0 Å². The fourth-order valence-electron chi connectivity index (χ4n) is 1.21. The Hall–Kier alpha value is 0.415. The van der Waals surface area contributed by atoms with Gasteiger partial charge in [-0.15, -0.1) is 0 Å². The van der Waals surface area contributed by atoms with Gasteiger partial charge < -0.3 is 0 Å². The highest BCUT2D eigenvalue weighted by atomic mass is 32.2. The fraction of sp³-hybridized carbons (Fsp3) is 1.00. The largest absolute Gasteiger partial charge is 0.214 e. The molecule has 2 heteroatoms. The highest BCUT2D eigenvalue weighted by Crippen LogP contribution is 2.26. The second kappa shape index (κ2) is 3.55. The van der Waals surface area contributed by atoms with E-state index >= 15 is 0 Å². The Balaban J connectivity index is 2.25. The molecule has 1 heterocycles. The molecule has 1 saturated heterocycles. The standard InChI is InChI=1S/C7H15BS/c1-6-3-4-7(2)8-9-5-6/h6-8H,3-5H2,1-2H3. The van der Waals surface area contributed by atoms with Crippen molar-refractivity contribution < 1.29 is 0 Å². The molecule has 0 spiro atoms. The van der Waals surface area contributed by atoms with Crippen LogP contribution in [0.5, 0.6) is 0 Å². The normalized spacial score (nSPS) is 37.1. The maximum atomic E-state index is 2.37. The SMILES string of the molecule is CC1BSCC(C)CC1. The lowest BCUT2D eigenvalue weighted by Gasteiger charge is -2.04. The van der Waals surface area contributed by atoms with E-state index in [1.807, 2.05) is 0 Å². The molecule has 0 aromatic heterocycles. The number of rotatable bonds is 0. The molecule has 1 rings (SSSR count). The van der Waals surface area contributed by atoms with Crippen molar-refractivity contribution in [3.63, 3.8) is 0 Å². The van der Waals surface area contributed by atoms with E-state index in [4.69, 9.17) is 0 Å². The van der Waals surface area contributed by atoms with Crippen LogP contribution in [-0.2, 0) is 0 Å². The summed E-state index contributed by atoms with van der Waals surface area (Å²) in [6.07, 6.45) is 2.91. The Bertz CT molecular complexity index is 75.0. The number of hydrogen-bond acceptors (Lipinski definition) is 1. The van der Waals surface area contributed by atoms with Gasteiger partial charge >= 0.3 is 0 Å². The first-order valence-electron chi connectivity index (χ1n) is 3.87. The zero-order chi connectivity index (χ0) is 6.69. The van der Waals surface area contributed by atoms with E-state index in [1.165, 1.54) is 25.2 Å². The molecule has 2 unspecified atom stereocenters. The maximum absolute atomic E-state index is 2.37. The minimum absolute atomic E-state index is 0.972. The van der Waals surface area contributed by atoms with Crippen molar-refractivity contribution >= 4 is 18.2 Å². The Morgan fingerprint density at radius 3 is 2.89 bits per heavy atom. The first-order valence-corrected chi connectivity index (χ1v) is 5.02. The first-order chi connectivity index (χ1) is 4.29. The molecule has 1 aliphatic rings. The summed E-state index contributed by atoms with van der Waals surface area (Å²) in [5.41, 5.74) is 0. The van der Waals surface area contributed by atoms with Gasteiger partial charge in [0.05, 0.1) is 0 Å². The molecule has 0 aliphatic carbocycles. The van der Waals surface area contributed by atoms with Crippen molar-refractivity contribution in [2.75, 3.05) is 5.75 Å². The van der Waals surface area contributed by atoms with Crippen molar-refractivity contribution in [3.05, 3.63) is 0 Å². The van der Waals surface area contributed by atoms with Crippen LogP contribution in [0.4, 0.5) is 0 Å². The van der Waals surface area contributed by atoms with Crippen LogP contribution in [0.3, 0.4) is 0 Å². The van der Waals surface area contributed by atoms with Crippen molar-refractivity contribution in [2.45, 2.75) is 32.5 Å². The Morgan fingerprint density at radius 2 is 2.11 bits per heavy atom. The highest BCUT2D eigenvalue weighted by Gasteiger charge is 2.13. The van der Waals surface area contributed by atoms with Crippen molar-refractivity contribution in [1.82, 2.24) is 0 Å². The Kier molecular flexibility index (Phi) is 2.97. The van der Waals surface area contributed by atoms with Gasteiger partial charge in [0.15, 0.2) is 6.56 Å². The molecule has 0 aromatic carbocycles. The molecule has 0 radical (unpaired) electrons. The van der Waals surface area contributed by atoms with E-state index in [2.05, 4.69) is 25.5 Å². The van der Waals surface area contributed by atoms with Gasteiger partial charge in [-0.3, -0.25) is 0 Å². The molecular formula is C7H15BS. The quantitative estimate of drug-likeness (QED) is 0.467. The van der Waals surface area contributed by atoms with Crippen LogP contribution < -0.4 is 0 Å². The molecule has 52 valence electrons. The van der Waals surface area contributed by atoms with E-state index < -0.39 is 0 Å². The van der Waals surface area contributed by atoms with Gasteiger partial charge in [-0.05, 0) is 11.7 Å². The van der Waals surface area contributed by atoms with Crippen LogP contribution in [0.2, 0.25) is 5.82 Å². The van der Waals surface area contributed by atoms with Gasteiger partial charge in [0.25, 0.3) is 0 Å². The highest BCUT2D eigenvalue weighted by molar-refractivity contribution is 8.22. The monoisotopic (exact) mass is 142 g/mol. The van der Waals surface area contributed by atoms with Crippen molar-refractivity contribution in [2.24, 2.45) is 5.92 Å². The molecule has 9 heavy (non-hydrogen) atoms. The van der Waals surface area contributed by atoms with Gasteiger partial charge in [-0.25, -0.2) is 11.6 Å². The van der Waals surface area contributed by atoms with Gasteiger partial charge in [0, 0.05) is 0 Å². The second-order valence-electron chi connectivity index (χ2n) is 3.33. The van der Waals surface area contributed by atoms with Crippen molar-refractivity contribution in [3.8, 4) is 0 Å². The zero-order valence-electron chi connectivity index (χ0n) is 6.39. The predicted octanol–water partition coefficient (Wildman–Crippen LogP) is 2.31. The van der Waals surface area contributed by atoms with E-state index in [0.29, 0.717) is 0 Å². The maximum Gasteiger partial charge on any atom is 0.194 e. The lowest BCUT2D eigenvalue weighted by atomic mass is 9.83. The Labute approximate surface area is 62.9 Å². The van der Waals surface area contributed by atoms with E-state index in [9.17, 15) is 0 Å². The smallest absolute Gasteiger partial charge is 0.194 e.